The van der Waals surface area contributed by atoms with Gasteiger partial charge in [-0.2, -0.15) is 0 Å². The molecule has 1 heterocycles. The van der Waals surface area contributed by atoms with Gasteiger partial charge in [-0.05, 0) is 57.2 Å². The number of hydrogen-bond acceptors (Lipinski definition) is 4. The van der Waals surface area contributed by atoms with Crippen molar-refractivity contribution in [3.63, 3.8) is 0 Å². The van der Waals surface area contributed by atoms with E-state index in [4.69, 9.17) is 0 Å². The van der Waals surface area contributed by atoms with Gasteiger partial charge in [0.15, 0.2) is 0 Å². The van der Waals surface area contributed by atoms with Crippen molar-refractivity contribution in [1.29, 1.82) is 0 Å². The zero-order valence-electron chi connectivity index (χ0n) is 15.8. The van der Waals surface area contributed by atoms with E-state index in [9.17, 15) is 18.0 Å². The number of rotatable bonds is 6. The van der Waals surface area contributed by atoms with Crippen molar-refractivity contribution in [3.05, 3.63) is 29.3 Å². The summed E-state index contributed by atoms with van der Waals surface area (Å²) in [5, 5.41) is 2.81. The molecule has 1 saturated carbocycles. The van der Waals surface area contributed by atoms with Crippen molar-refractivity contribution in [3.8, 4) is 0 Å². The molecule has 0 aromatic heterocycles. The number of carbonyl (C=O) groups is 2. The normalized spacial score (nSPS) is 20.4. The van der Waals surface area contributed by atoms with E-state index in [0.29, 0.717) is 25.2 Å². The first-order chi connectivity index (χ1) is 12.8. The average molecular weight is 394 g/mol. The first kappa shape index (κ1) is 19.8. The molecule has 27 heavy (non-hydrogen) atoms. The second-order valence-electron chi connectivity index (χ2n) is 7.36. The van der Waals surface area contributed by atoms with Gasteiger partial charge in [-0.3, -0.25) is 9.59 Å². The van der Waals surface area contributed by atoms with Gasteiger partial charge in [0.2, 0.25) is 15.9 Å². The first-order valence-electron chi connectivity index (χ1n) is 9.51. The summed E-state index contributed by atoms with van der Waals surface area (Å²) in [5.41, 5.74) is 1.11. The Morgan fingerprint density at radius 3 is 2.63 bits per heavy atom. The Bertz CT molecular complexity index is 833. The van der Waals surface area contributed by atoms with Gasteiger partial charge in [-0.25, -0.2) is 13.1 Å². The van der Waals surface area contributed by atoms with E-state index in [-0.39, 0.29) is 28.7 Å². The lowest BCUT2D eigenvalue weighted by atomic mass is 9.96. The maximum Gasteiger partial charge on any atom is 0.254 e. The molecule has 2 N–H and O–H groups in total. The minimum Gasteiger partial charge on any atom is -0.356 e. The van der Waals surface area contributed by atoms with Crippen LogP contribution in [0.2, 0.25) is 0 Å². The van der Waals surface area contributed by atoms with Crippen molar-refractivity contribution in [2.45, 2.75) is 50.5 Å². The van der Waals surface area contributed by atoms with Gasteiger partial charge in [-0.1, -0.05) is 6.07 Å². The number of benzene rings is 1. The summed E-state index contributed by atoms with van der Waals surface area (Å²) in [6, 6.07) is 4.66. The van der Waals surface area contributed by atoms with Crippen LogP contribution in [0.5, 0.6) is 0 Å². The lowest BCUT2D eigenvalue weighted by Crippen LogP contribution is -2.45. The minimum absolute atomic E-state index is 0.00962. The third-order valence-corrected chi connectivity index (χ3v) is 6.60. The van der Waals surface area contributed by atoms with Crippen LogP contribution in [0.25, 0.3) is 0 Å². The van der Waals surface area contributed by atoms with E-state index in [2.05, 4.69) is 10.0 Å². The molecular weight excluding hydrogens is 366 g/mol. The topological polar surface area (TPSA) is 95.6 Å². The summed E-state index contributed by atoms with van der Waals surface area (Å²) in [6.07, 6.45) is 3.22. The number of aryl methyl sites for hydroxylation is 1. The smallest absolute Gasteiger partial charge is 0.254 e. The molecule has 2 fully saturated rings. The predicted octanol–water partition coefficient (Wildman–Crippen LogP) is 1.42. The van der Waals surface area contributed by atoms with Gasteiger partial charge < -0.3 is 10.2 Å². The molecule has 7 nitrogen and oxygen atoms in total. The lowest BCUT2D eigenvalue weighted by Gasteiger charge is -2.32. The lowest BCUT2D eigenvalue weighted by molar-refractivity contribution is -0.126. The van der Waals surface area contributed by atoms with Crippen molar-refractivity contribution in [1.82, 2.24) is 14.9 Å². The third-order valence-electron chi connectivity index (χ3n) is 5.08. The fourth-order valence-corrected chi connectivity index (χ4v) is 4.68. The van der Waals surface area contributed by atoms with Gasteiger partial charge in [-0.15, -0.1) is 0 Å². The van der Waals surface area contributed by atoms with Crippen LogP contribution >= 0.6 is 0 Å². The summed E-state index contributed by atoms with van der Waals surface area (Å²) >= 11 is 0. The summed E-state index contributed by atoms with van der Waals surface area (Å²) in [5.74, 6) is -0.465. The van der Waals surface area contributed by atoms with Crippen LogP contribution in [-0.4, -0.2) is 50.8 Å². The van der Waals surface area contributed by atoms with Gasteiger partial charge in [0.05, 0.1) is 10.8 Å². The van der Waals surface area contributed by atoms with Crippen LogP contribution in [-0.2, 0) is 14.8 Å². The third kappa shape index (κ3) is 4.68. The predicted molar refractivity (Wildman–Crippen MR) is 102 cm³/mol. The molecule has 0 unspecified atom stereocenters. The SMILES string of the molecule is CCNC(=O)[C@H]1CCCN(C(=O)c2cc(S(=O)(=O)NC3CC3)ccc2C)C1. The Morgan fingerprint density at radius 2 is 1.96 bits per heavy atom. The molecule has 148 valence electrons. The van der Waals surface area contributed by atoms with E-state index < -0.39 is 10.0 Å². The molecule has 1 aliphatic heterocycles. The number of sulfonamides is 1. The van der Waals surface area contributed by atoms with E-state index in [0.717, 1.165) is 31.2 Å². The fraction of sp³-hybridized carbons (Fsp3) is 0.579. The molecule has 1 aromatic rings. The highest BCUT2D eigenvalue weighted by Gasteiger charge is 2.31. The first-order valence-corrected chi connectivity index (χ1v) is 11.0. The van der Waals surface area contributed by atoms with E-state index >= 15 is 0 Å². The second-order valence-corrected chi connectivity index (χ2v) is 9.07. The Morgan fingerprint density at radius 1 is 1.22 bits per heavy atom. The molecule has 0 spiro atoms. The molecule has 2 aliphatic rings. The monoisotopic (exact) mass is 393 g/mol. The quantitative estimate of drug-likeness (QED) is 0.764. The van der Waals surface area contributed by atoms with Crippen LogP contribution in [0.1, 0.15) is 48.5 Å². The molecule has 0 radical (unpaired) electrons. The highest BCUT2D eigenvalue weighted by Crippen LogP contribution is 2.25. The standard InChI is InChI=1S/C19H27N3O4S/c1-3-20-18(23)14-5-4-10-22(12-14)19(24)17-11-16(9-6-13(17)2)27(25,26)21-15-7-8-15/h6,9,11,14-15,21H,3-5,7-8,10,12H2,1-2H3,(H,20,23)/t14-/m0/s1. The Balaban J connectivity index is 1.79. The Labute approximate surface area is 160 Å². The average Bonchev–Trinajstić information content (AvgIpc) is 3.45. The van der Waals surface area contributed by atoms with Crippen molar-refractivity contribution < 1.29 is 18.0 Å². The van der Waals surface area contributed by atoms with E-state index in [1.165, 1.54) is 12.1 Å². The van der Waals surface area contributed by atoms with Gasteiger partial charge in [0.25, 0.3) is 5.91 Å². The van der Waals surface area contributed by atoms with E-state index in [1.807, 2.05) is 6.92 Å². The van der Waals surface area contributed by atoms with Gasteiger partial charge in [0, 0.05) is 31.2 Å². The number of piperidine rings is 1. The molecule has 1 atom stereocenters. The van der Waals surface area contributed by atoms with Crippen LogP contribution in [0, 0.1) is 12.8 Å². The van der Waals surface area contributed by atoms with Crippen LogP contribution in [0.4, 0.5) is 0 Å². The number of nitrogens with zero attached hydrogens (tertiary/aromatic N) is 1. The summed E-state index contributed by atoms with van der Waals surface area (Å²) in [7, 11) is -3.62. The minimum atomic E-state index is -3.62. The second kappa shape index (κ2) is 7.98. The van der Waals surface area contributed by atoms with Crippen LogP contribution in [0.15, 0.2) is 23.1 Å². The molecular formula is C19H27N3O4S. The molecule has 3 rings (SSSR count). The van der Waals surface area contributed by atoms with Crippen molar-refractivity contribution in [2.75, 3.05) is 19.6 Å². The highest BCUT2D eigenvalue weighted by molar-refractivity contribution is 7.89. The zero-order valence-corrected chi connectivity index (χ0v) is 16.6. The molecule has 0 bridgehead atoms. The van der Waals surface area contributed by atoms with E-state index in [1.54, 1.807) is 17.9 Å². The summed E-state index contributed by atoms with van der Waals surface area (Å²) in [6.45, 7) is 5.17. The zero-order chi connectivity index (χ0) is 19.6. The van der Waals surface area contributed by atoms with Crippen molar-refractivity contribution >= 4 is 21.8 Å². The highest BCUT2D eigenvalue weighted by atomic mass is 32.2. The molecule has 2 amide bonds. The number of nitrogens with one attached hydrogen (secondary N) is 2. The summed E-state index contributed by atoms with van der Waals surface area (Å²) < 4.78 is 27.6. The molecule has 8 heteroatoms. The molecule has 1 aliphatic carbocycles. The number of hydrogen-bond donors (Lipinski definition) is 2. The van der Waals surface area contributed by atoms with Crippen LogP contribution < -0.4 is 10.0 Å². The largest absolute Gasteiger partial charge is 0.356 e. The Hall–Kier alpha value is -1.93. The molecule has 1 aromatic carbocycles. The van der Waals surface area contributed by atoms with Gasteiger partial charge in [0.1, 0.15) is 0 Å². The maximum atomic E-state index is 13.0. The summed E-state index contributed by atoms with van der Waals surface area (Å²) in [4.78, 5) is 26.9. The number of likely N-dealkylation sites (tertiary alicyclic amines) is 1. The number of amides is 2. The maximum absolute atomic E-state index is 13.0. The van der Waals surface area contributed by atoms with Gasteiger partial charge >= 0.3 is 0 Å². The Kier molecular flexibility index (Phi) is 5.86. The molecule has 1 saturated heterocycles. The van der Waals surface area contributed by atoms with Crippen molar-refractivity contribution in [2.24, 2.45) is 5.92 Å². The van der Waals surface area contributed by atoms with Crippen LogP contribution in [0.3, 0.4) is 0 Å². The fourth-order valence-electron chi connectivity index (χ4n) is 3.35. The number of carbonyl (C=O) groups excluding carboxylic acids is 2.